The molecule has 2 aromatic carbocycles. The molecule has 140 valence electrons. The molecule has 0 bridgehead atoms. The largest absolute Gasteiger partial charge is 0.324 e. The van der Waals surface area contributed by atoms with E-state index in [0.717, 1.165) is 5.69 Å². The molecule has 3 rings (SSSR count). The molecule has 1 fully saturated rings. The van der Waals surface area contributed by atoms with Gasteiger partial charge in [-0.25, -0.2) is 0 Å². The monoisotopic (exact) mass is 383 g/mol. The van der Waals surface area contributed by atoms with Gasteiger partial charge in [0.05, 0.1) is 5.88 Å². The van der Waals surface area contributed by atoms with Gasteiger partial charge in [-0.1, -0.05) is 18.2 Å². The van der Waals surface area contributed by atoms with Crippen LogP contribution in [0.2, 0.25) is 0 Å². The number of hydrogen-bond acceptors (Lipinski definition) is 4. The quantitative estimate of drug-likeness (QED) is 0.881. The van der Waals surface area contributed by atoms with Crippen molar-refractivity contribution in [2.45, 2.75) is 13.0 Å². The molecule has 1 saturated heterocycles. The van der Waals surface area contributed by atoms with Crippen LogP contribution in [0.5, 0.6) is 0 Å². The first-order chi connectivity index (χ1) is 13.0. The van der Waals surface area contributed by atoms with Gasteiger partial charge in [-0.05, 0) is 36.4 Å². The van der Waals surface area contributed by atoms with E-state index in [-0.39, 0.29) is 17.7 Å². The van der Waals surface area contributed by atoms with Crippen LogP contribution in [0.4, 0.5) is 11.4 Å². The zero-order chi connectivity index (χ0) is 19.4. The molecule has 1 aliphatic rings. The van der Waals surface area contributed by atoms with Gasteiger partial charge in [0.15, 0.2) is 0 Å². The topological polar surface area (TPSA) is 69.7 Å². The molecule has 0 radical (unpaired) electrons. The van der Waals surface area contributed by atoms with Crippen molar-refractivity contribution < 1.29 is 14.4 Å². The maximum absolute atomic E-state index is 12.7. The second kappa shape index (κ2) is 8.26. The third-order valence-corrected chi connectivity index (χ3v) is 5.47. The summed E-state index contributed by atoms with van der Waals surface area (Å²) in [6, 6.07) is 15.5. The highest BCUT2D eigenvalue weighted by Crippen LogP contribution is 2.25. The molecule has 1 unspecified atom stereocenters. The van der Waals surface area contributed by atoms with Crippen LogP contribution >= 0.6 is 11.8 Å². The summed E-state index contributed by atoms with van der Waals surface area (Å²) < 4.78 is 0. The fraction of sp³-hybridized carbons (Fsp3) is 0.250. The van der Waals surface area contributed by atoms with Crippen molar-refractivity contribution in [3.63, 3.8) is 0 Å². The smallest absolute Gasteiger partial charge is 0.255 e. The predicted molar refractivity (Wildman–Crippen MR) is 108 cm³/mol. The van der Waals surface area contributed by atoms with Gasteiger partial charge < -0.3 is 15.1 Å². The second-order valence-electron chi connectivity index (χ2n) is 6.27. The normalized spacial score (nSPS) is 16.1. The highest BCUT2D eigenvalue weighted by atomic mass is 32.2. The summed E-state index contributed by atoms with van der Waals surface area (Å²) in [6.07, 6.45) is 0. The first-order valence-corrected chi connectivity index (χ1v) is 9.72. The Hall–Kier alpha value is -2.80. The third-order valence-electron chi connectivity index (χ3n) is 4.46. The molecule has 3 amide bonds. The summed E-state index contributed by atoms with van der Waals surface area (Å²) in [5, 5.41) is 2.87. The molecule has 2 aromatic rings. The molecule has 1 N–H and O–H groups in total. The molecular formula is C20H21N3O3S. The van der Waals surface area contributed by atoms with Crippen molar-refractivity contribution in [3.8, 4) is 0 Å². The maximum atomic E-state index is 12.7. The molecule has 0 aliphatic carbocycles. The summed E-state index contributed by atoms with van der Waals surface area (Å²) in [4.78, 5) is 39.9. The van der Waals surface area contributed by atoms with Crippen LogP contribution in [0.15, 0.2) is 54.6 Å². The van der Waals surface area contributed by atoms with Crippen LogP contribution in [0, 0.1) is 0 Å². The number of nitrogens with one attached hydrogen (secondary N) is 1. The van der Waals surface area contributed by atoms with Crippen molar-refractivity contribution in [2.75, 3.05) is 28.9 Å². The van der Waals surface area contributed by atoms with Gasteiger partial charge >= 0.3 is 0 Å². The third kappa shape index (κ3) is 4.31. The maximum Gasteiger partial charge on any atom is 0.255 e. The summed E-state index contributed by atoms with van der Waals surface area (Å²) in [5.74, 6) is 0.643. The second-order valence-corrected chi connectivity index (χ2v) is 7.27. The molecule has 0 spiro atoms. The molecule has 6 nitrogen and oxygen atoms in total. The van der Waals surface area contributed by atoms with E-state index in [1.165, 1.54) is 11.8 Å². The molecule has 0 saturated carbocycles. The van der Waals surface area contributed by atoms with Gasteiger partial charge in [-0.15, -0.1) is 11.8 Å². The highest BCUT2D eigenvalue weighted by molar-refractivity contribution is 7.99. The number of rotatable bonds is 4. The van der Waals surface area contributed by atoms with Gasteiger partial charge in [0.2, 0.25) is 11.8 Å². The highest BCUT2D eigenvalue weighted by Gasteiger charge is 2.35. The van der Waals surface area contributed by atoms with E-state index in [9.17, 15) is 14.4 Å². The van der Waals surface area contributed by atoms with Crippen molar-refractivity contribution in [1.82, 2.24) is 4.90 Å². The van der Waals surface area contributed by atoms with E-state index in [0.29, 0.717) is 22.9 Å². The van der Waals surface area contributed by atoms with E-state index in [2.05, 4.69) is 5.32 Å². The Morgan fingerprint density at radius 1 is 1.07 bits per heavy atom. The lowest BCUT2D eigenvalue weighted by atomic mass is 10.1. The number of carbonyl (C=O) groups is 3. The minimum Gasteiger partial charge on any atom is -0.324 e. The first-order valence-electron chi connectivity index (χ1n) is 8.56. The van der Waals surface area contributed by atoms with Gasteiger partial charge in [0, 0.05) is 36.7 Å². The van der Waals surface area contributed by atoms with Crippen molar-refractivity contribution in [1.29, 1.82) is 0 Å². The van der Waals surface area contributed by atoms with Crippen molar-refractivity contribution in [2.24, 2.45) is 0 Å². The van der Waals surface area contributed by atoms with Crippen molar-refractivity contribution >= 4 is 40.9 Å². The number of benzene rings is 2. The molecule has 7 heteroatoms. The lowest BCUT2D eigenvalue weighted by Crippen LogP contribution is -2.44. The van der Waals surface area contributed by atoms with Crippen molar-refractivity contribution in [3.05, 3.63) is 60.2 Å². The molecule has 1 atom stereocenters. The van der Waals surface area contributed by atoms with Crippen LogP contribution < -0.4 is 10.2 Å². The number of nitrogens with zero attached hydrogens (tertiary/aromatic N) is 2. The summed E-state index contributed by atoms with van der Waals surface area (Å²) in [6.45, 7) is 1.49. The zero-order valence-corrected chi connectivity index (χ0v) is 16.0. The van der Waals surface area contributed by atoms with Gasteiger partial charge in [-0.2, -0.15) is 0 Å². The Bertz CT molecular complexity index is 839. The zero-order valence-electron chi connectivity index (χ0n) is 15.2. The number of carbonyl (C=O) groups excluding carboxylic acids is 3. The van der Waals surface area contributed by atoms with E-state index in [4.69, 9.17) is 0 Å². The van der Waals surface area contributed by atoms with E-state index < -0.39 is 6.04 Å². The summed E-state index contributed by atoms with van der Waals surface area (Å²) >= 11 is 1.56. The molecule has 1 aliphatic heterocycles. The molecular weight excluding hydrogens is 362 g/mol. The van der Waals surface area contributed by atoms with Gasteiger partial charge in [0.25, 0.3) is 5.91 Å². The SMILES string of the molecule is CC(=O)N(C)c1ccc(NC(=O)C2CSCN2C(=O)c2ccccc2)cc1. The number of thioether (sulfide) groups is 1. The fourth-order valence-electron chi connectivity index (χ4n) is 2.78. The van der Waals surface area contributed by atoms with Gasteiger partial charge in [-0.3, -0.25) is 14.4 Å². The van der Waals surface area contributed by atoms with Crippen LogP contribution in [0.1, 0.15) is 17.3 Å². The predicted octanol–water partition coefficient (Wildman–Crippen LogP) is 2.82. The molecule has 1 heterocycles. The van der Waals surface area contributed by atoms with Crippen LogP contribution in [-0.4, -0.2) is 47.3 Å². The molecule has 0 aromatic heterocycles. The van der Waals surface area contributed by atoms with E-state index in [1.807, 2.05) is 18.2 Å². The minimum atomic E-state index is -0.512. The van der Waals surface area contributed by atoms with Crippen LogP contribution in [0.25, 0.3) is 0 Å². The average Bonchev–Trinajstić information content (AvgIpc) is 3.18. The Kier molecular flexibility index (Phi) is 5.81. The number of amides is 3. The minimum absolute atomic E-state index is 0.0650. The lowest BCUT2D eigenvalue weighted by molar-refractivity contribution is -0.119. The fourth-order valence-corrected chi connectivity index (χ4v) is 3.94. The Labute approximate surface area is 162 Å². The average molecular weight is 383 g/mol. The first kappa shape index (κ1) is 19.0. The Morgan fingerprint density at radius 2 is 1.74 bits per heavy atom. The lowest BCUT2D eigenvalue weighted by Gasteiger charge is -2.23. The summed E-state index contributed by atoms with van der Waals surface area (Å²) in [5.41, 5.74) is 1.96. The van der Waals surface area contributed by atoms with Crippen LogP contribution in [0.3, 0.4) is 0 Å². The van der Waals surface area contributed by atoms with E-state index >= 15 is 0 Å². The number of hydrogen-bond donors (Lipinski definition) is 1. The van der Waals surface area contributed by atoms with Gasteiger partial charge in [0.1, 0.15) is 6.04 Å². The standard InChI is InChI=1S/C20H21N3O3S/c1-14(24)22(2)17-10-8-16(9-11-17)21-19(25)18-12-27-13-23(18)20(26)15-6-4-3-5-7-15/h3-11,18H,12-13H2,1-2H3,(H,21,25). The Morgan fingerprint density at radius 3 is 2.37 bits per heavy atom. The number of anilines is 2. The Balaban J connectivity index is 1.68. The molecule has 27 heavy (non-hydrogen) atoms. The summed E-state index contributed by atoms with van der Waals surface area (Å²) in [7, 11) is 1.69. The van der Waals surface area contributed by atoms with Crippen LogP contribution in [-0.2, 0) is 9.59 Å². The van der Waals surface area contributed by atoms with E-state index in [1.54, 1.807) is 60.1 Å².